The predicted molar refractivity (Wildman–Crippen MR) is 74.5 cm³/mol. The van der Waals surface area contributed by atoms with E-state index in [9.17, 15) is 4.91 Å². The van der Waals surface area contributed by atoms with Gasteiger partial charge in [-0.2, -0.15) is 6.42 Å². The van der Waals surface area contributed by atoms with Crippen LogP contribution < -0.4 is 0 Å². The maximum absolute atomic E-state index is 10.4. The monoisotopic (exact) mass is 488 g/mol. The first-order valence-electron chi connectivity index (χ1n) is 4.21. The van der Waals surface area contributed by atoms with Crippen LogP contribution in [0, 0.1) is 39.0 Å². The molecule has 0 aromatic carbocycles. The molecule has 0 spiro atoms. The van der Waals surface area contributed by atoms with Crippen LogP contribution in [0.1, 0.15) is 34.6 Å². The number of rotatable bonds is 4. The van der Waals surface area contributed by atoms with Gasteiger partial charge in [-0.3, -0.25) is 0 Å². The average molecular weight is 488 g/mol. The van der Waals surface area contributed by atoms with Crippen LogP contribution in [-0.4, -0.2) is 26.8 Å². The van der Waals surface area contributed by atoms with Crippen molar-refractivity contribution >= 4 is 8.41 Å². The fourth-order valence-corrected chi connectivity index (χ4v) is 0.738. The van der Waals surface area contributed by atoms with E-state index in [2.05, 4.69) is 6.92 Å². The quantitative estimate of drug-likeness (QED) is 0.337. The number of hydrogen-bond acceptors (Lipinski definition) is 1. The average Bonchev–Trinajstić information content (AvgIpc) is 1.91. The van der Waals surface area contributed by atoms with Crippen molar-refractivity contribution in [3.8, 4) is 0 Å². The van der Waals surface area contributed by atoms with Crippen molar-refractivity contribution in [1.82, 2.24) is 0 Å². The second-order valence-electron chi connectivity index (χ2n) is 2.21. The van der Waals surface area contributed by atoms with Crippen LogP contribution in [0.2, 0.25) is 0 Å². The predicted octanol–water partition coefficient (Wildman–Crippen LogP) is 3.64. The van der Waals surface area contributed by atoms with Crippen molar-refractivity contribution in [2.45, 2.75) is 34.6 Å². The standard InChI is InChI=1S/C7H14NO.C2H6.CH4.2CH3.B.W.Y/c1-4-5-7(2)6-8(3)9;1-2;;;;;;/h5,7H,2,4,6H2,1,3H3;1-2H3;1H4;2*1H3;;;/q-1;;;2*-1;;+2;. The summed E-state index contributed by atoms with van der Waals surface area (Å²) >= 11 is 0. The molecule has 0 heterocycles. The number of nitrogens with zero attached hydrogens (tertiary/aromatic N) is 1. The summed E-state index contributed by atoms with van der Waals surface area (Å²) in [6, 6.07) is 0. The van der Waals surface area contributed by atoms with Gasteiger partial charge >= 0.3 is 21.1 Å². The Balaban J connectivity index is -0.0000000160. The zero-order chi connectivity index (χ0) is 9.28. The first kappa shape index (κ1) is 51.4. The largest absolute Gasteiger partial charge is 2.00 e. The Morgan fingerprint density at radius 1 is 1.29 bits per heavy atom. The van der Waals surface area contributed by atoms with Crippen LogP contribution in [0.15, 0.2) is 0 Å². The summed E-state index contributed by atoms with van der Waals surface area (Å²) in [4.78, 5) is 10.4. The van der Waals surface area contributed by atoms with Crippen molar-refractivity contribution in [3.63, 3.8) is 0 Å². The molecular formula is C12H30BNOWY-. The second-order valence-corrected chi connectivity index (χ2v) is 2.21. The molecular weight excluding hydrogens is 458 g/mol. The Kier molecular flexibility index (Phi) is 131. The molecule has 0 fully saturated rings. The fourth-order valence-electron chi connectivity index (χ4n) is 0.738. The normalized spacial score (nSPS) is 7.35. The minimum atomic E-state index is 0. The van der Waals surface area contributed by atoms with E-state index in [0.29, 0.717) is 6.54 Å². The maximum atomic E-state index is 10.4. The zero-order valence-electron chi connectivity index (χ0n) is 11.7. The maximum Gasteiger partial charge on any atom is 2.00 e. The van der Waals surface area contributed by atoms with E-state index in [4.69, 9.17) is 0 Å². The van der Waals surface area contributed by atoms with Gasteiger partial charge in [0.25, 0.3) is 0 Å². The van der Waals surface area contributed by atoms with E-state index in [0.717, 1.165) is 11.2 Å². The molecule has 0 aliphatic rings. The molecule has 0 aromatic rings. The molecule has 0 aromatic heterocycles. The smallest absolute Gasteiger partial charge is 0.363 e. The molecule has 0 bridgehead atoms. The van der Waals surface area contributed by atoms with Crippen LogP contribution in [0.25, 0.3) is 0 Å². The Hall–Kier alpha value is 1.46. The van der Waals surface area contributed by atoms with Crippen LogP contribution in [0.5, 0.6) is 0 Å². The van der Waals surface area contributed by atoms with Gasteiger partial charge in [-0.05, 0) is 4.76 Å². The molecule has 2 nitrogen and oxygen atoms in total. The number of nitroso groups, excluding NO2 is 1. The van der Waals surface area contributed by atoms with Crippen molar-refractivity contribution in [2.75, 3.05) is 13.6 Å². The van der Waals surface area contributed by atoms with E-state index >= 15 is 0 Å². The summed E-state index contributed by atoms with van der Waals surface area (Å²) < 4.78 is 0.907. The summed E-state index contributed by atoms with van der Waals surface area (Å²) in [5, 5.41) is 0. The molecule has 5 heteroatoms. The van der Waals surface area contributed by atoms with E-state index < -0.39 is 0 Å². The molecule has 1 atom stereocenters. The third-order valence-corrected chi connectivity index (χ3v) is 1.06. The molecule has 0 saturated heterocycles. The molecule has 102 valence electrons. The van der Waals surface area contributed by atoms with Gasteiger partial charge in [-0.1, -0.05) is 28.2 Å². The van der Waals surface area contributed by atoms with E-state index in [1.54, 1.807) is 0 Å². The Morgan fingerprint density at radius 3 is 1.76 bits per heavy atom. The van der Waals surface area contributed by atoms with Crippen LogP contribution in [0.3, 0.4) is 0 Å². The van der Waals surface area contributed by atoms with Crippen molar-refractivity contribution in [1.29, 1.82) is 0 Å². The minimum absolute atomic E-state index is 0. The molecule has 0 rings (SSSR count). The van der Waals surface area contributed by atoms with Gasteiger partial charge < -0.3 is 28.2 Å². The summed E-state index contributed by atoms with van der Waals surface area (Å²) in [7, 11) is 1.52. The Morgan fingerprint density at radius 2 is 1.59 bits per heavy atom. The van der Waals surface area contributed by atoms with Crippen molar-refractivity contribution in [3.05, 3.63) is 33.1 Å². The second kappa shape index (κ2) is 43.2. The van der Waals surface area contributed by atoms with Gasteiger partial charge in [0.1, 0.15) is 6.54 Å². The summed E-state index contributed by atoms with van der Waals surface area (Å²) in [5.41, 5.74) is 0. The van der Waals surface area contributed by atoms with Gasteiger partial charge in [0.2, 0.25) is 0 Å². The number of hydrogen-bond donors (Lipinski definition) is 0. The molecule has 17 heavy (non-hydrogen) atoms. The van der Waals surface area contributed by atoms with Crippen molar-refractivity contribution in [2.24, 2.45) is 5.92 Å². The molecule has 1 unspecified atom stereocenters. The van der Waals surface area contributed by atoms with E-state index in [1.165, 1.54) is 7.05 Å². The topological polar surface area (TPSA) is 20.1 Å². The van der Waals surface area contributed by atoms with Gasteiger partial charge in [0.05, 0.1) is 0 Å². The molecule has 4 radical (unpaired) electrons. The van der Waals surface area contributed by atoms with Gasteiger partial charge in [0, 0.05) is 46.0 Å². The molecule has 0 aliphatic carbocycles. The molecule has 0 N–H and O–H groups in total. The van der Waals surface area contributed by atoms with Crippen LogP contribution in [0.4, 0.5) is 0 Å². The third-order valence-electron chi connectivity index (χ3n) is 1.06. The summed E-state index contributed by atoms with van der Waals surface area (Å²) in [6.07, 6.45) is 3.02. The summed E-state index contributed by atoms with van der Waals surface area (Å²) in [6.45, 7) is 10.3. The van der Waals surface area contributed by atoms with Crippen molar-refractivity contribution < 1.29 is 58.5 Å². The first-order chi connectivity index (χ1) is 5.16. The fraction of sp³-hybridized carbons (Fsp3) is 0.667. The Labute approximate surface area is 153 Å². The van der Waals surface area contributed by atoms with Crippen LogP contribution >= 0.6 is 0 Å². The van der Waals surface area contributed by atoms with Gasteiger partial charge in [-0.25, -0.2) is 5.92 Å². The summed E-state index contributed by atoms with van der Waals surface area (Å²) in [5.74, 6) is 0.178. The Bertz CT molecular complexity index is 109. The SMILES string of the molecule is C.CC.[B].[CH2-]C([CH-]CC)C[N+](C)=O.[CH3-].[CH3-].[W+2].[Y]. The first-order valence-corrected chi connectivity index (χ1v) is 4.21. The zero-order valence-corrected chi connectivity index (χ0v) is 17.5. The van der Waals surface area contributed by atoms with Crippen LogP contribution in [-0.2, 0) is 53.8 Å². The third kappa shape index (κ3) is 58.3. The molecule has 0 amide bonds. The van der Waals surface area contributed by atoms with Gasteiger partial charge in [0.15, 0.2) is 7.05 Å². The van der Waals surface area contributed by atoms with E-state index in [1.807, 2.05) is 27.2 Å². The van der Waals surface area contributed by atoms with Gasteiger partial charge in [-0.15, -0.1) is 0 Å². The molecule has 0 aliphatic heterocycles. The van der Waals surface area contributed by atoms with E-state index in [-0.39, 0.29) is 90.4 Å². The molecule has 0 saturated carbocycles. The minimum Gasteiger partial charge on any atom is -0.363 e.